The van der Waals surface area contributed by atoms with Crippen LogP contribution in [0.25, 0.3) is 11.1 Å². The average Bonchev–Trinajstić information content (AvgIpc) is 2.82. The molecule has 0 atom stereocenters. The van der Waals surface area contributed by atoms with E-state index in [-0.39, 0.29) is 18.8 Å². The predicted octanol–water partition coefficient (Wildman–Crippen LogP) is 5.76. The van der Waals surface area contributed by atoms with Crippen LogP contribution in [-0.2, 0) is 22.8 Å². The number of benzene rings is 3. The summed E-state index contributed by atoms with van der Waals surface area (Å²) in [5, 5.41) is 15.9. The Morgan fingerprint density at radius 3 is 2.06 bits per heavy atom. The second-order valence-electron chi connectivity index (χ2n) is 7.74. The van der Waals surface area contributed by atoms with Crippen LogP contribution < -0.4 is 10.1 Å². The van der Waals surface area contributed by atoms with Crippen molar-refractivity contribution in [1.29, 1.82) is 0 Å². The minimum absolute atomic E-state index is 0.0812. The summed E-state index contributed by atoms with van der Waals surface area (Å²) in [5.74, 6) is -1.09. The number of aliphatic carboxylic acids is 1. The van der Waals surface area contributed by atoms with Crippen molar-refractivity contribution in [3.63, 3.8) is 0 Å². The van der Waals surface area contributed by atoms with Gasteiger partial charge in [0.1, 0.15) is 12.4 Å². The molecule has 184 valence electrons. The largest absolute Gasteiger partial charge is 0.573 e. The Morgan fingerprint density at radius 1 is 0.914 bits per heavy atom. The van der Waals surface area contributed by atoms with Gasteiger partial charge in [0.2, 0.25) is 0 Å². The standard InChI is InChI=1S/C26H25F3N2O4/c1-18(21-6-2-19(3-7-21)16-30-15-14-25(32)33)31-34-17-20-4-8-22(9-5-20)23-10-12-24(13-11-23)35-26(27,28)29/h2-13,30H,14-17H2,1H3,(H,32,33)/b31-18-. The molecule has 0 aliphatic carbocycles. The Hall–Kier alpha value is -3.85. The van der Waals surface area contributed by atoms with Crippen LogP contribution in [0.3, 0.4) is 0 Å². The minimum atomic E-state index is -4.71. The first-order valence-electron chi connectivity index (χ1n) is 10.8. The van der Waals surface area contributed by atoms with E-state index in [0.29, 0.717) is 18.8 Å². The van der Waals surface area contributed by atoms with Crippen LogP contribution in [0.15, 0.2) is 78.0 Å². The van der Waals surface area contributed by atoms with Crippen LogP contribution in [0, 0.1) is 0 Å². The number of nitrogens with zero attached hydrogens (tertiary/aromatic N) is 1. The molecule has 35 heavy (non-hydrogen) atoms. The fourth-order valence-corrected chi connectivity index (χ4v) is 3.19. The highest BCUT2D eigenvalue weighted by molar-refractivity contribution is 5.98. The molecule has 3 rings (SSSR count). The molecule has 0 unspecified atom stereocenters. The number of ether oxygens (including phenoxy) is 1. The summed E-state index contributed by atoms with van der Waals surface area (Å²) in [6.45, 7) is 3.11. The molecule has 0 aliphatic rings. The Balaban J connectivity index is 1.49. The van der Waals surface area contributed by atoms with Crippen molar-refractivity contribution in [3.8, 4) is 16.9 Å². The second kappa shape index (κ2) is 12.0. The number of hydrogen-bond donors (Lipinski definition) is 2. The van der Waals surface area contributed by atoms with Crippen LogP contribution >= 0.6 is 0 Å². The third-order valence-electron chi connectivity index (χ3n) is 5.02. The van der Waals surface area contributed by atoms with E-state index in [1.165, 1.54) is 12.1 Å². The zero-order chi connectivity index (χ0) is 25.3. The molecule has 6 nitrogen and oxygen atoms in total. The first kappa shape index (κ1) is 25.8. The third-order valence-corrected chi connectivity index (χ3v) is 5.02. The van der Waals surface area contributed by atoms with Crippen molar-refractivity contribution >= 4 is 11.7 Å². The van der Waals surface area contributed by atoms with Crippen molar-refractivity contribution < 1.29 is 32.6 Å². The summed E-state index contributed by atoms with van der Waals surface area (Å²) in [6.07, 6.45) is -4.63. The molecule has 9 heteroatoms. The summed E-state index contributed by atoms with van der Waals surface area (Å²) in [7, 11) is 0. The van der Waals surface area contributed by atoms with E-state index in [9.17, 15) is 18.0 Å². The summed E-state index contributed by atoms with van der Waals surface area (Å²) < 4.78 is 40.7. The second-order valence-corrected chi connectivity index (χ2v) is 7.74. The summed E-state index contributed by atoms with van der Waals surface area (Å²) in [5.41, 5.74) is 5.17. The first-order chi connectivity index (χ1) is 16.7. The molecular formula is C26H25F3N2O4. The summed E-state index contributed by atoms with van der Waals surface area (Å²) in [6, 6.07) is 20.9. The smallest absolute Gasteiger partial charge is 0.481 e. The number of hydrogen-bond acceptors (Lipinski definition) is 5. The van der Waals surface area contributed by atoms with E-state index in [0.717, 1.165) is 27.8 Å². The Bertz CT molecular complexity index is 1130. The maximum Gasteiger partial charge on any atom is 0.573 e. The molecule has 0 heterocycles. The zero-order valence-corrected chi connectivity index (χ0v) is 19.0. The van der Waals surface area contributed by atoms with Gasteiger partial charge in [-0.1, -0.05) is 65.8 Å². The van der Waals surface area contributed by atoms with Crippen molar-refractivity contribution in [2.45, 2.75) is 32.9 Å². The van der Waals surface area contributed by atoms with Crippen molar-refractivity contribution in [1.82, 2.24) is 5.32 Å². The quantitative estimate of drug-likeness (QED) is 0.205. The van der Waals surface area contributed by atoms with Gasteiger partial charge < -0.3 is 20.0 Å². The van der Waals surface area contributed by atoms with Gasteiger partial charge in [0, 0.05) is 13.1 Å². The van der Waals surface area contributed by atoms with Crippen LogP contribution in [0.1, 0.15) is 30.0 Å². The molecule has 2 N–H and O–H groups in total. The van der Waals surface area contributed by atoms with E-state index in [2.05, 4.69) is 15.2 Å². The molecule has 3 aromatic carbocycles. The molecule has 0 amide bonds. The maximum atomic E-state index is 12.3. The number of carboxylic acids is 1. The zero-order valence-electron chi connectivity index (χ0n) is 19.0. The molecule has 0 radical (unpaired) electrons. The molecule has 0 saturated heterocycles. The number of oxime groups is 1. The summed E-state index contributed by atoms with van der Waals surface area (Å²) in [4.78, 5) is 16.0. The predicted molar refractivity (Wildman–Crippen MR) is 126 cm³/mol. The minimum Gasteiger partial charge on any atom is -0.481 e. The lowest BCUT2D eigenvalue weighted by Crippen LogP contribution is -2.17. The molecule has 0 fully saturated rings. The van der Waals surface area contributed by atoms with Crippen molar-refractivity contribution in [2.24, 2.45) is 5.16 Å². The van der Waals surface area contributed by atoms with Crippen LogP contribution in [0.2, 0.25) is 0 Å². The average molecular weight is 486 g/mol. The molecule has 0 spiro atoms. The van der Waals surface area contributed by atoms with Gasteiger partial charge in [0.25, 0.3) is 0 Å². The molecule has 0 aromatic heterocycles. The number of rotatable bonds is 11. The lowest BCUT2D eigenvalue weighted by atomic mass is 10.0. The normalized spacial score (nSPS) is 11.8. The lowest BCUT2D eigenvalue weighted by molar-refractivity contribution is -0.274. The van der Waals surface area contributed by atoms with Gasteiger partial charge in [-0.3, -0.25) is 4.79 Å². The molecule has 0 saturated carbocycles. The van der Waals surface area contributed by atoms with Gasteiger partial charge in [-0.25, -0.2) is 0 Å². The van der Waals surface area contributed by atoms with E-state index in [1.54, 1.807) is 12.1 Å². The fourth-order valence-electron chi connectivity index (χ4n) is 3.19. The number of carbonyl (C=O) groups is 1. The van der Waals surface area contributed by atoms with Gasteiger partial charge >= 0.3 is 12.3 Å². The van der Waals surface area contributed by atoms with E-state index >= 15 is 0 Å². The van der Waals surface area contributed by atoms with Crippen molar-refractivity contribution in [3.05, 3.63) is 89.5 Å². The number of alkyl halides is 3. The van der Waals surface area contributed by atoms with E-state index in [1.807, 2.05) is 55.5 Å². The number of carboxylic acid groups (broad SMARTS) is 1. The van der Waals surface area contributed by atoms with Crippen LogP contribution in [0.4, 0.5) is 13.2 Å². The molecule has 0 aliphatic heterocycles. The highest BCUT2D eigenvalue weighted by Gasteiger charge is 2.30. The lowest BCUT2D eigenvalue weighted by Gasteiger charge is -2.09. The number of nitrogens with one attached hydrogen (secondary N) is 1. The van der Waals surface area contributed by atoms with Gasteiger partial charge in [-0.15, -0.1) is 13.2 Å². The number of halogens is 3. The SMILES string of the molecule is C/C(=N/OCc1ccc(-c2ccc(OC(F)(F)F)cc2)cc1)c1ccc(CNCCC(=O)O)cc1. The molecule has 0 bridgehead atoms. The van der Waals surface area contributed by atoms with Gasteiger partial charge in [0.05, 0.1) is 12.1 Å². The van der Waals surface area contributed by atoms with Gasteiger partial charge in [-0.05, 0) is 46.9 Å². The third kappa shape index (κ3) is 8.78. The van der Waals surface area contributed by atoms with E-state index < -0.39 is 12.3 Å². The fraction of sp³-hybridized carbons (Fsp3) is 0.231. The highest BCUT2D eigenvalue weighted by atomic mass is 19.4. The first-order valence-corrected chi connectivity index (χ1v) is 10.8. The van der Waals surface area contributed by atoms with Gasteiger partial charge in [-0.2, -0.15) is 0 Å². The van der Waals surface area contributed by atoms with E-state index in [4.69, 9.17) is 9.94 Å². The van der Waals surface area contributed by atoms with Gasteiger partial charge in [0.15, 0.2) is 0 Å². The Kier molecular flexibility index (Phi) is 8.86. The monoisotopic (exact) mass is 486 g/mol. The Labute approximate surface area is 201 Å². The maximum absolute atomic E-state index is 12.3. The topological polar surface area (TPSA) is 80.2 Å². The van der Waals surface area contributed by atoms with Crippen LogP contribution in [0.5, 0.6) is 5.75 Å². The van der Waals surface area contributed by atoms with Crippen molar-refractivity contribution in [2.75, 3.05) is 6.54 Å². The Morgan fingerprint density at radius 2 is 1.49 bits per heavy atom. The highest BCUT2D eigenvalue weighted by Crippen LogP contribution is 2.26. The molecule has 3 aromatic rings. The summed E-state index contributed by atoms with van der Waals surface area (Å²) >= 11 is 0. The molecular weight excluding hydrogens is 461 g/mol. The van der Waals surface area contributed by atoms with Crippen LogP contribution in [-0.4, -0.2) is 29.7 Å².